The van der Waals surface area contributed by atoms with Gasteiger partial charge in [-0.2, -0.15) is 5.26 Å². The summed E-state index contributed by atoms with van der Waals surface area (Å²) >= 11 is 1.47. The summed E-state index contributed by atoms with van der Waals surface area (Å²) in [5.74, 6) is 0.816. The molecule has 0 aliphatic heterocycles. The molecule has 0 saturated carbocycles. The Morgan fingerprint density at radius 2 is 2.07 bits per heavy atom. The Kier molecular flexibility index (Phi) is 2.66. The molecule has 74 valence electrons. The van der Waals surface area contributed by atoms with Crippen molar-refractivity contribution < 1.29 is 4.74 Å². The standard InChI is InChI=1S/C11H8N2OS/c1-14-10-4-2-8(3-5-10)11-13-9(6-12)7-15-11/h2-5,7H,1H3. The third kappa shape index (κ3) is 1.97. The summed E-state index contributed by atoms with van der Waals surface area (Å²) in [7, 11) is 1.63. The van der Waals surface area contributed by atoms with Gasteiger partial charge in [-0.3, -0.25) is 0 Å². The van der Waals surface area contributed by atoms with Crippen molar-refractivity contribution in [1.82, 2.24) is 4.98 Å². The molecule has 0 bridgehead atoms. The maximum absolute atomic E-state index is 8.65. The highest BCUT2D eigenvalue weighted by atomic mass is 32.1. The van der Waals surface area contributed by atoms with Crippen LogP contribution >= 0.6 is 11.3 Å². The Bertz CT molecular complexity index is 496. The molecule has 1 aromatic carbocycles. The third-order valence-electron chi connectivity index (χ3n) is 1.96. The highest BCUT2D eigenvalue weighted by molar-refractivity contribution is 7.13. The first-order valence-electron chi connectivity index (χ1n) is 4.33. The maximum atomic E-state index is 8.65. The summed E-state index contributed by atoms with van der Waals surface area (Å²) in [5.41, 5.74) is 1.47. The summed E-state index contributed by atoms with van der Waals surface area (Å²) in [5, 5.41) is 11.3. The van der Waals surface area contributed by atoms with E-state index < -0.39 is 0 Å². The topological polar surface area (TPSA) is 45.9 Å². The summed E-state index contributed by atoms with van der Waals surface area (Å²) in [6.07, 6.45) is 0. The molecule has 0 unspecified atom stereocenters. The van der Waals surface area contributed by atoms with E-state index in [4.69, 9.17) is 10.00 Å². The molecule has 4 heteroatoms. The van der Waals surface area contributed by atoms with Crippen LogP contribution in [0, 0.1) is 11.3 Å². The minimum atomic E-state index is 0.464. The molecule has 0 atom stereocenters. The predicted molar refractivity (Wildman–Crippen MR) is 58.8 cm³/mol. The monoisotopic (exact) mass is 216 g/mol. The number of rotatable bonds is 2. The van der Waals surface area contributed by atoms with Crippen molar-refractivity contribution in [2.24, 2.45) is 0 Å². The van der Waals surface area contributed by atoms with Gasteiger partial charge < -0.3 is 4.74 Å². The van der Waals surface area contributed by atoms with Crippen molar-refractivity contribution in [2.45, 2.75) is 0 Å². The normalized spacial score (nSPS) is 9.60. The summed E-state index contributed by atoms with van der Waals surface area (Å²) < 4.78 is 5.06. The van der Waals surface area contributed by atoms with Crippen molar-refractivity contribution in [3.05, 3.63) is 35.3 Å². The molecule has 1 heterocycles. The van der Waals surface area contributed by atoms with Gasteiger partial charge in [0.1, 0.15) is 16.8 Å². The first-order valence-corrected chi connectivity index (χ1v) is 5.21. The summed E-state index contributed by atoms with van der Waals surface area (Å²) in [6.45, 7) is 0. The number of methoxy groups -OCH3 is 1. The molecule has 3 nitrogen and oxygen atoms in total. The molecule has 2 rings (SSSR count). The van der Waals surface area contributed by atoms with Gasteiger partial charge in [-0.25, -0.2) is 4.98 Å². The molecule has 0 aliphatic rings. The zero-order valence-electron chi connectivity index (χ0n) is 8.10. The van der Waals surface area contributed by atoms with Crippen molar-refractivity contribution in [3.8, 4) is 22.4 Å². The van der Waals surface area contributed by atoms with Crippen LogP contribution in [0.2, 0.25) is 0 Å². The van der Waals surface area contributed by atoms with Crippen LogP contribution in [-0.2, 0) is 0 Å². The average molecular weight is 216 g/mol. The molecule has 0 radical (unpaired) electrons. The van der Waals surface area contributed by atoms with E-state index >= 15 is 0 Å². The minimum absolute atomic E-state index is 0.464. The highest BCUT2D eigenvalue weighted by Crippen LogP contribution is 2.25. The summed E-state index contributed by atoms with van der Waals surface area (Å²) in [4.78, 5) is 4.17. The minimum Gasteiger partial charge on any atom is -0.497 e. The first-order chi connectivity index (χ1) is 7.33. The van der Waals surface area contributed by atoms with Crippen LogP contribution in [0.3, 0.4) is 0 Å². The zero-order chi connectivity index (χ0) is 10.7. The van der Waals surface area contributed by atoms with Crippen LogP contribution in [0.5, 0.6) is 5.75 Å². The number of nitriles is 1. The van der Waals surface area contributed by atoms with Crippen LogP contribution in [-0.4, -0.2) is 12.1 Å². The predicted octanol–water partition coefficient (Wildman–Crippen LogP) is 2.69. The lowest BCUT2D eigenvalue weighted by atomic mass is 10.2. The highest BCUT2D eigenvalue weighted by Gasteiger charge is 2.03. The Hall–Kier alpha value is -1.86. The van der Waals surface area contributed by atoms with E-state index in [1.807, 2.05) is 30.3 Å². The van der Waals surface area contributed by atoms with Gasteiger partial charge in [-0.05, 0) is 24.3 Å². The molecule has 0 aliphatic carbocycles. The van der Waals surface area contributed by atoms with Crippen molar-refractivity contribution >= 4 is 11.3 Å². The number of nitrogens with zero attached hydrogens (tertiary/aromatic N) is 2. The second-order valence-corrected chi connectivity index (χ2v) is 3.74. The number of thiazole rings is 1. The lowest BCUT2D eigenvalue weighted by molar-refractivity contribution is 0.415. The molecule has 0 amide bonds. The smallest absolute Gasteiger partial charge is 0.152 e. The fourth-order valence-electron chi connectivity index (χ4n) is 1.19. The van der Waals surface area contributed by atoms with Crippen LogP contribution in [0.25, 0.3) is 10.6 Å². The second-order valence-electron chi connectivity index (χ2n) is 2.88. The molecule has 2 aromatic rings. The van der Waals surface area contributed by atoms with Gasteiger partial charge in [0.25, 0.3) is 0 Å². The van der Waals surface area contributed by atoms with Crippen LogP contribution in [0.4, 0.5) is 0 Å². The number of ether oxygens (including phenoxy) is 1. The van der Waals surface area contributed by atoms with E-state index in [9.17, 15) is 0 Å². The van der Waals surface area contributed by atoms with Gasteiger partial charge in [0.2, 0.25) is 0 Å². The lowest BCUT2D eigenvalue weighted by Gasteiger charge is -1.99. The number of hydrogen-bond acceptors (Lipinski definition) is 4. The zero-order valence-corrected chi connectivity index (χ0v) is 8.91. The van der Waals surface area contributed by atoms with Gasteiger partial charge in [0.05, 0.1) is 7.11 Å². The Morgan fingerprint density at radius 1 is 1.33 bits per heavy atom. The molecule has 0 saturated heterocycles. The van der Waals surface area contributed by atoms with Crippen molar-refractivity contribution in [1.29, 1.82) is 5.26 Å². The molecule has 0 spiro atoms. The quantitative estimate of drug-likeness (QED) is 0.775. The maximum Gasteiger partial charge on any atom is 0.152 e. The van der Waals surface area contributed by atoms with Crippen molar-refractivity contribution in [3.63, 3.8) is 0 Å². The van der Waals surface area contributed by atoms with Gasteiger partial charge >= 0.3 is 0 Å². The Morgan fingerprint density at radius 3 is 2.60 bits per heavy atom. The van der Waals surface area contributed by atoms with E-state index in [0.717, 1.165) is 16.3 Å². The molecule has 0 N–H and O–H groups in total. The van der Waals surface area contributed by atoms with E-state index in [2.05, 4.69) is 4.98 Å². The SMILES string of the molecule is COc1ccc(-c2nc(C#N)cs2)cc1. The molecule has 1 aromatic heterocycles. The van der Waals surface area contributed by atoms with E-state index in [0.29, 0.717) is 5.69 Å². The molecule has 15 heavy (non-hydrogen) atoms. The Labute approximate surface area is 91.6 Å². The Balaban J connectivity index is 2.33. The van der Waals surface area contributed by atoms with Gasteiger partial charge in [0.15, 0.2) is 5.69 Å². The number of benzene rings is 1. The fraction of sp³-hybridized carbons (Fsp3) is 0.0909. The van der Waals surface area contributed by atoms with Crippen molar-refractivity contribution in [2.75, 3.05) is 7.11 Å². The van der Waals surface area contributed by atoms with Crippen LogP contribution in [0.15, 0.2) is 29.6 Å². The molecular weight excluding hydrogens is 208 g/mol. The average Bonchev–Trinajstić information content (AvgIpc) is 2.78. The van der Waals surface area contributed by atoms with Crippen LogP contribution < -0.4 is 4.74 Å². The largest absolute Gasteiger partial charge is 0.497 e. The molecular formula is C11H8N2OS. The fourth-order valence-corrected chi connectivity index (χ4v) is 1.94. The van der Waals surface area contributed by atoms with Crippen LogP contribution in [0.1, 0.15) is 5.69 Å². The number of hydrogen-bond donors (Lipinski definition) is 0. The third-order valence-corrected chi connectivity index (χ3v) is 2.85. The van der Waals surface area contributed by atoms with Gasteiger partial charge in [-0.15, -0.1) is 11.3 Å². The lowest BCUT2D eigenvalue weighted by Crippen LogP contribution is -1.82. The van der Waals surface area contributed by atoms with E-state index in [1.165, 1.54) is 11.3 Å². The first kappa shape index (κ1) is 9.69. The molecule has 0 fully saturated rings. The van der Waals surface area contributed by atoms with E-state index in [1.54, 1.807) is 12.5 Å². The number of aromatic nitrogens is 1. The second kappa shape index (κ2) is 4.11. The van der Waals surface area contributed by atoms with Gasteiger partial charge in [0, 0.05) is 10.9 Å². The summed E-state index contributed by atoms with van der Waals surface area (Å²) in [6, 6.07) is 9.63. The van der Waals surface area contributed by atoms with E-state index in [-0.39, 0.29) is 0 Å². The van der Waals surface area contributed by atoms with Gasteiger partial charge in [-0.1, -0.05) is 0 Å².